The highest BCUT2D eigenvalue weighted by Crippen LogP contribution is 2.33. The number of ether oxygens (including phenoxy) is 2. The van der Waals surface area contributed by atoms with Crippen LogP contribution in [0.3, 0.4) is 0 Å². The van der Waals surface area contributed by atoms with Crippen molar-refractivity contribution in [3.63, 3.8) is 0 Å². The summed E-state index contributed by atoms with van der Waals surface area (Å²) in [7, 11) is 1.36. The number of para-hydroxylation sites is 1. The molecule has 0 aliphatic carbocycles. The summed E-state index contributed by atoms with van der Waals surface area (Å²) in [5.74, 6) is -0.343. The molecular weight excluding hydrogens is 464 g/mol. The highest BCUT2D eigenvalue weighted by molar-refractivity contribution is 6.02. The van der Waals surface area contributed by atoms with Crippen LogP contribution >= 0.6 is 0 Å². The first kappa shape index (κ1) is 25.2. The van der Waals surface area contributed by atoms with Gasteiger partial charge in [-0.1, -0.05) is 42.5 Å². The van der Waals surface area contributed by atoms with Gasteiger partial charge in [-0.15, -0.1) is 0 Å². The third kappa shape index (κ3) is 6.82. The monoisotopic (exact) mass is 493 g/mol. The number of hydrogen-bond donors (Lipinski definition) is 1. The molecule has 0 bridgehead atoms. The van der Waals surface area contributed by atoms with Crippen LogP contribution in [-0.2, 0) is 11.3 Å². The zero-order chi connectivity index (χ0) is 25.3. The molecule has 1 aliphatic rings. The predicted molar refractivity (Wildman–Crippen MR) is 138 cm³/mol. The van der Waals surface area contributed by atoms with Crippen LogP contribution in [0.15, 0.2) is 78.9 Å². The highest BCUT2D eigenvalue weighted by Gasteiger charge is 2.17. The molecule has 4 rings (SSSR count). The molecule has 0 saturated carbocycles. The molecule has 1 aliphatic heterocycles. The van der Waals surface area contributed by atoms with E-state index in [2.05, 4.69) is 44.1 Å². The van der Waals surface area contributed by atoms with Crippen molar-refractivity contribution in [1.29, 1.82) is 0 Å². The lowest BCUT2D eigenvalue weighted by Gasteiger charge is -2.36. The molecule has 36 heavy (non-hydrogen) atoms. The van der Waals surface area contributed by atoms with Gasteiger partial charge in [0.05, 0.1) is 7.11 Å². The minimum atomic E-state index is -3.01. The molecule has 6 nitrogen and oxygen atoms in total. The Bertz CT molecular complexity index is 1160. The summed E-state index contributed by atoms with van der Waals surface area (Å²) in [6, 6.07) is 22.9. The summed E-state index contributed by atoms with van der Waals surface area (Å²) < 4.78 is 35.2. The van der Waals surface area contributed by atoms with Crippen LogP contribution in [0.2, 0.25) is 0 Å². The number of amides is 1. The van der Waals surface area contributed by atoms with Crippen LogP contribution < -0.4 is 19.7 Å². The lowest BCUT2D eigenvalue weighted by molar-refractivity contribution is -0.111. The number of benzene rings is 3. The average molecular weight is 494 g/mol. The summed E-state index contributed by atoms with van der Waals surface area (Å²) in [5, 5.41) is 2.79. The van der Waals surface area contributed by atoms with E-state index in [1.807, 2.05) is 30.3 Å². The molecule has 0 radical (unpaired) electrons. The Morgan fingerprint density at radius 2 is 1.69 bits per heavy atom. The lowest BCUT2D eigenvalue weighted by atomic mass is 10.1. The van der Waals surface area contributed by atoms with E-state index in [1.54, 1.807) is 12.1 Å². The molecule has 1 saturated heterocycles. The van der Waals surface area contributed by atoms with E-state index in [0.717, 1.165) is 38.4 Å². The van der Waals surface area contributed by atoms with Crippen LogP contribution in [0, 0.1) is 0 Å². The largest absolute Gasteiger partial charge is 0.493 e. The number of methoxy groups -OCH3 is 1. The maximum atomic E-state index is 12.8. The Morgan fingerprint density at radius 1 is 0.972 bits per heavy atom. The van der Waals surface area contributed by atoms with Crippen molar-refractivity contribution in [2.24, 2.45) is 0 Å². The zero-order valence-corrected chi connectivity index (χ0v) is 20.1. The summed E-state index contributed by atoms with van der Waals surface area (Å²) in [4.78, 5) is 17.2. The highest BCUT2D eigenvalue weighted by atomic mass is 19.3. The van der Waals surface area contributed by atoms with E-state index in [0.29, 0.717) is 11.3 Å². The fraction of sp³-hybridized carbons (Fsp3) is 0.250. The summed E-state index contributed by atoms with van der Waals surface area (Å²) in [5.41, 5.74) is 3.38. The van der Waals surface area contributed by atoms with Gasteiger partial charge < -0.3 is 19.7 Å². The zero-order valence-electron chi connectivity index (χ0n) is 20.1. The van der Waals surface area contributed by atoms with Crippen LogP contribution in [-0.4, -0.2) is 50.7 Å². The smallest absolute Gasteiger partial charge is 0.387 e. The predicted octanol–water partition coefficient (Wildman–Crippen LogP) is 5.27. The quantitative estimate of drug-likeness (QED) is 0.412. The molecule has 188 valence electrons. The molecule has 1 heterocycles. The average Bonchev–Trinajstić information content (AvgIpc) is 2.89. The summed E-state index contributed by atoms with van der Waals surface area (Å²) in [6.45, 7) is 1.79. The first-order chi connectivity index (χ1) is 17.5. The van der Waals surface area contributed by atoms with E-state index in [9.17, 15) is 13.6 Å². The molecule has 1 fully saturated rings. The van der Waals surface area contributed by atoms with Crippen LogP contribution in [0.5, 0.6) is 11.5 Å². The van der Waals surface area contributed by atoms with Crippen LogP contribution in [0.1, 0.15) is 11.1 Å². The summed E-state index contributed by atoms with van der Waals surface area (Å²) >= 11 is 0. The fourth-order valence-corrected chi connectivity index (χ4v) is 4.15. The SMILES string of the molecule is COc1cccc(/C=C/C(=O)Nc2ccc(N3CCN(Cc4ccccc4)CC3)cc2)c1OC(F)F. The van der Waals surface area contributed by atoms with Crippen LogP contribution in [0.25, 0.3) is 6.08 Å². The van der Waals surface area contributed by atoms with E-state index in [-0.39, 0.29) is 17.4 Å². The van der Waals surface area contributed by atoms with Gasteiger partial charge in [-0.3, -0.25) is 9.69 Å². The van der Waals surface area contributed by atoms with Gasteiger partial charge in [0.1, 0.15) is 0 Å². The second-order valence-electron chi connectivity index (χ2n) is 8.38. The first-order valence-corrected chi connectivity index (χ1v) is 11.7. The second-order valence-corrected chi connectivity index (χ2v) is 8.38. The van der Waals surface area contributed by atoms with Gasteiger partial charge in [-0.05, 0) is 42.0 Å². The Kier molecular flexibility index (Phi) is 8.52. The van der Waals surface area contributed by atoms with Crippen LogP contribution in [0.4, 0.5) is 20.2 Å². The van der Waals surface area contributed by atoms with E-state index >= 15 is 0 Å². The van der Waals surface area contributed by atoms with Crippen molar-refractivity contribution >= 4 is 23.4 Å². The molecule has 3 aromatic carbocycles. The summed E-state index contributed by atoms with van der Waals surface area (Å²) in [6.07, 6.45) is 2.69. The Balaban J connectivity index is 1.31. The molecule has 1 N–H and O–H groups in total. The number of alkyl halides is 2. The maximum Gasteiger partial charge on any atom is 0.387 e. The van der Waals surface area contributed by atoms with Gasteiger partial charge in [0.25, 0.3) is 0 Å². The topological polar surface area (TPSA) is 54.0 Å². The van der Waals surface area contributed by atoms with Gasteiger partial charge in [0.2, 0.25) is 5.91 Å². The third-order valence-electron chi connectivity index (χ3n) is 5.97. The number of rotatable bonds is 9. The van der Waals surface area contributed by atoms with E-state index < -0.39 is 6.61 Å². The van der Waals surface area contributed by atoms with Gasteiger partial charge in [0.15, 0.2) is 11.5 Å². The fourth-order valence-electron chi connectivity index (χ4n) is 4.15. The number of halogens is 2. The van der Waals surface area contributed by atoms with Crippen molar-refractivity contribution in [3.8, 4) is 11.5 Å². The lowest BCUT2D eigenvalue weighted by Crippen LogP contribution is -2.45. The van der Waals surface area contributed by atoms with Gasteiger partial charge in [-0.2, -0.15) is 8.78 Å². The Morgan fingerprint density at radius 3 is 2.36 bits per heavy atom. The number of piperazine rings is 1. The number of nitrogens with zero attached hydrogens (tertiary/aromatic N) is 2. The molecule has 1 amide bonds. The molecule has 8 heteroatoms. The number of carbonyl (C=O) groups is 1. The van der Waals surface area contributed by atoms with Crippen molar-refractivity contribution in [1.82, 2.24) is 4.90 Å². The minimum Gasteiger partial charge on any atom is -0.493 e. The normalized spacial score (nSPS) is 14.3. The Hall–Kier alpha value is -3.91. The number of nitrogens with one attached hydrogen (secondary N) is 1. The number of carbonyl (C=O) groups excluding carboxylic acids is 1. The number of hydrogen-bond acceptors (Lipinski definition) is 5. The number of anilines is 2. The van der Waals surface area contributed by atoms with Gasteiger partial charge in [-0.25, -0.2) is 0 Å². The molecule has 0 aromatic heterocycles. The second kappa shape index (κ2) is 12.2. The van der Waals surface area contributed by atoms with Crippen molar-refractivity contribution in [3.05, 3.63) is 90.0 Å². The molecule has 3 aromatic rings. The van der Waals surface area contributed by atoms with Gasteiger partial charge in [0, 0.05) is 55.7 Å². The first-order valence-electron chi connectivity index (χ1n) is 11.7. The van der Waals surface area contributed by atoms with Crippen molar-refractivity contribution < 1.29 is 23.0 Å². The third-order valence-corrected chi connectivity index (χ3v) is 5.97. The molecular formula is C28H29F2N3O3. The molecule has 0 unspecified atom stereocenters. The maximum absolute atomic E-state index is 12.8. The van der Waals surface area contributed by atoms with E-state index in [1.165, 1.54) is 30.9 Å². The minimum absolute atomic E-state index is 0.118. The Labute approximate surface area is 209 Å². The molecule has 0 atom stereocenters. The van der Waals surface area contributed by atoms with Gasteiger partial charge >= 0.3 is 6.61 Å². The van der Waals surface area contributed by atoms with E-state index in [4.69, 9.17) is 4.74 Å². The standard InChI is InChI=1S/C28H29F2N3O3/c1-35-25-9-5-8-22(27(25)36-28(29)30)10-15-26(34)31-23-11-13-24(14-12-23)33-18-16-32(17-19-33)20-21-6-3-2-4-7-21/h2-15,28H,16-20H2,1H3,(H,31,34)/b15-10+. The van der Waals surface area contributed by atoms with Crippen molar-refractivity contribution in [2.75, 3.05) is 43.5 Å². The molecule has 0 spiro atoms. The van der Waals surface area contributed by atoms with Crippen molar-refractivity contribution in [2.45, 2.75) is 13.2 Å².